The molecule has 2 atom stereocenters. The maximum absolute atomic E-state index is 11.0. The summed E-state index contributed by atoms with van der Waals surface area (Å²) in [6.07, 6.45) is -0.721. The van der Waals surface area contributed by atoms with Crippen molar-refractivity contribution in [3.8, 4) is 5.75 Å². The van der Waals surface area contributed by atoms with E-state index in [-0.39, 0.29) is 6.42 Å². The van der Waals surface area contributed by atoms with Crippen molar-refractivity contribution in [1.29, 1.82) is 0 Å². The first kappa shape index (κ1) is 18.6. The Morgan fingerprint density at radius 2 is 1.71 bits per heavy atom. The second kappa shape index (κ2) is 8.42. The highest BCUT2D eigenvalue weighted by molar-refractivity contribution is 7.46. The molecule has 0 aliphatic carbocycles. The number of benzene rings is 2. The molecule has 0 amide bonds. The molecule has 0 bridgehead atoms. The average molecular weight is 351 g/mol. The van der Waals surface area contributed by atoms with Crippen molar-refractivity contribution in [2.75, 3.05) is 0 Å². The molecular weight excluding hydrogens is 329 g/mol. The molecule has 2 aromatic carbocycles. The smallest absolute Gasteiger partial charge is 0.471 e. The summed E-state index contributed by atoms with van der Waals surface area (Å²) >= 11 is 0. The molecule has 0 saturated heterocycles. The first-order chi connectivity index (χ1) is 11.4. The number of hydrogen-bond acceptors (Lipinski definition) is 4. The molecule has 0 spiro atoms. The zero-order valence-electron chi connectivity index (χ0n) is 13.4. The Morgan fingerprint density at radius 1 is 1.08 bits per heavy atom. The highest BCUT2D eigenvalue weighted by Gasteiger charge is 2.24. The van der Waals surface area contributed by atoms with Crippen LogP contribution in [0.2, 0.25) is 0 Å². The third-order valence-electron chi connectivity index (χ3n) is 3.51. The molecule has 4 N–H and O–H groups in total. The normalized spacial score (nSPS) is 14.2. The third-order valence-corrected chi connectivity index (χ3v) is 4.06. The van der Waals surface area contributed by atoms with E-state index >= 15 is 0 Å². The molecule has 0 saturated carbocycles. The van der Waals surface area contributed by atoms with Gasteiger partial charge in [0.15, 0.2) is 0 Å². The van der Waals surface area contributed by atoms with Crippen LogP contribution in [-0.2, 0) is 15.5 Å². The monoisotopic (exact) mass is 351 g/mol. The summed E-state index contributed by atoms with van der Waals surface area (Å²) in [5.74, 6) is 0.720. The van der Waals surface area contributed by atoms with Crippen molar-refractivity contribution in [2.45, 2.75) is 32.1 Å². The first-order valence-corrected chi connectivity index (χ1v) is 9.21. The summed E-state index contributed by atoms with van der Waals surface area (Å²) in [6, 6.07) is 17.0. The number of nitrogens with two attached hydrogens (primary N) is 1. The van der Waals surface area contributed by atoms with Gasteiger partial charge in [0.1, 0.15) is 18.1 Å². The van der Waals surface area contributed by atoms with Crippen LogP contribution in [0.5, 0.6) is 5.75 Å². The number of rotatable bonds is 8. The summed E-state index contributed by atoms with van der Waals surface area (Å²) in [6.45, 7) is 2.03. The Morgan fingerprint density at radius 3 is 2.33 bits per heavy atom. The van der Waals surface area contributed by atoms with Crippen LogP contribution in [0.15, 0.2) is 54.6 Å². The number of ether oxygens (including phenoxy) is 1. The van der Waals surface area contributed by atoms with Gasteiger partial charge in [-0.25, -0.2) is 4.57 Å². The average Bonchev–Trinajstić information content (AvgIpc) is 2.54. The van der Waals surface area contributed by atoms with E-state index in [1.165, 1.54) is 0 Å². The van der Waals surface area contributed by atoms with E-state index in [9.17, 15) is 4.57 Å². The molecule has 2 unspecified atom stereocenters. The van der Waals surface area contributed by atoms with Crippen molar-refractivity contribution in [3.05, 3.63) is 65.7 Å². The standard InChI is InChI=1S/C17H22NO5P/c1-2-13-8-6-7-11-15(13)22-16(14-9-4-3-5-10-14)12-17(18)23-24(19,20)21/h3-11,16-17H,2,12,18H2,1H3,(H2,19,20,21). The van der Waals surface area contributed by atoms with Gasteiger partial charge in [-0.3, -0.25) is 4.52 Å². The number of hydrogen-bond donors (Lipinski definition) is 3. The van der Waals surface area contributed by atoms with Crippen LogP contribution in [0.25, 0.3) is 0 Å². The zero-order chi connectivity index (χ0) is 17.6. The van der Waals surface area contributed by atoms with Crippen LogP contribution in [0, 0.1) is 0 Å². The van der Waals surface area contributed by atoms with Crippen LogP contribution in [0.1, 0.15) is 30.6 Å². The van der Waals surface area contributed by atoms with Gasteiger partial charge in [-0.2, -0.15) is 0 Å². The first-order valence-electron chi connectivity index (χ1n) is 7.68. The lowest BCUT2D eigenvalue weighted by Crippen LogP contribution is -2.27. The lowest BCUT2D eigenvalue weighted by Gasteiger charge is -2.24. The van der Waals surface area contributed by atoms with Crippen molar-refractivity contribution in [3.63, 3.8) is 0 Å². The van der Waals surface area contributed by atoms with Crippen LogP contribution in [0.3, 0.4) is 0 Å². The maximum atomic E-state index is 11.0. The number of aryl methyl sites for hydroxylation is 1. The Bertz CT molecular complexity index is 688. The summed E-state index contributed by atoms with van der Waals surface area (Å²) < 4.78 is 21.6. The molecule has 0 heterocycles. The Kier molecular flexibility index (Phi) is 6.54. The molecule has 6 nitrogen and oxygen atoms in total. The number of phosphoric acid groups is 1. The molecule has 0 aromatic heterocycles. The molecule has 7 heteroatoms. The van der Waals surface area contributed by atoms with Gasteiger partial charge in [-0.15, -0.1) is 0 Å². The van der Waals surface area contributed by atoms with E-state index in [1.807, 2.05) is 61.5 Å². The summed E-state index contributed by atoms with van der Waals surface area (Å²) in [5, 5.41) is 0. The molecule has 24 heavy (non-hydrogen) atoms. The zero-order valence-corrected chi connectivity index (χ0v) is 14.3. The maximum Gasteiger partial charge on any atom is 0.471 e. The summed E-state index contributed by atoms with van der Waals surface area (Å²) in [5.41, 5.74) is 7.63. The highest BCUT2D eigenvalue weighted by Crippen LogP contribution is 2.38. The fraction of sp³-hybridized carbons (Fsp3) is 0.294. The predicted molar refractivity (Wildman–Crippen MR) is 91.4 cm³/mol. The summed E-state index contributed by atoms with van der Waals surface area (Å²) in [4.78, 5) is 17.8. The number of phosphoric ester groups is 1. The minimum atomic E-state index is -4.65. The second-order valence-electron chi connectivity index (χ2n) is 5.35. The fourth-order valence-electron chi connectivity index (χ4n) is 2.41. The van der Waals surface area contributed by atoms with E-state index in [4.69, 9.17) is 20.3 Å². The second-order valence-corrected chi connectivity index (χ2v) is 6.54. The lowest BCUT2D eigenvalue weighted by molar-refractivity contribution is 0.0854. The molecule has 2 aromatic rings. The van der Waals surface area contributed by atoms with Crippen molar-refractivity contribution < 1.29 is 23.6 Å². The Labute approximate surface area is 141 Å². The van der Waals surface area contributed by atoms with Crippen molar-refractivity contribution in [2.24, 2.45) is 5.73 Å². The third kappa shape index (κ3) is 5.74. The molecular formula is C17H22NO5P. The molecule has 0 radical (unpaired) electrons. The molecule has 0 aliphatic heterocycles. The fourth-order valence-corrected chi connectivity index (χ4v) is 2.85. The van der Waals surface area contributed by atoms with Gasteiger partial charge in [0.25, 0.3) is 0 Å². The highest BCUT2D eigenvalue weighted by atomic mass is 31.2. The van der Waals surface area contributed by atoms with Gasteiger partial charge in [0, 0.05) is 6.42 Å². The van der Waals surface area contributed by atoms with Crippen molar-refractivity contribution in [1.82, 2.24) is 0 Å². The van der Waals surface area contributed by atoms with Crippen LogP contribution < -0.4 is 10.5 Å². The van der Waals surface area contributed by atoms with E-state index in [1.54, 1.807) is 0 Å². The topological polar surface area (TPSA) is 102 Å². The summed E-state index contributed by atoms with van der Waals surface area (Å²) in [7, 11) is -4.65. The van der Waals surface area contributed by atoms with Crippen molar-refractivity contribution >= 4 is 7.82 Å². The Hall–Kier alpha value is -1.69. The lowest BCUT2D eigenvalue weighted by atomic mass is 10.1. The van der Waals surface area contributed by atoms with E-state index in [0.717, 1.165) is 23.3 Å². The van der Waals surface area contributed by atoms with Gasteiger partial charge < -0.3 is 20.3 Å². The van der Waals surface area contributed by atoms with E-state index < -0.39 is 20.2 Å². The van der Waals surface area contributed by atoms with Gasteiger partial charge in [-0.1, -0.05) is 55.5 Å². The molecule has 0 aliphatic rings. The van der Waals surface area contributed by atoms with Crippen LogP contribution >= 0.6 is 7.82 Å². The van der Waals surface area contributed by atoms with Crippen LogP contribution in [-0.4, -0.2) is 16.0 Å². The number of para-hydroxylation sites is 1. The Balaban J connectivity index is 2.22. The van der Waals surface area contributed by atoms with Gasteiger partial charge in [0.05, 0.1) is 0 Å². The van der Waals surface area contributed by atoms with Gasteiger partial charge in [0.2, 0.25) is 0 Å². The van der Waals surface area contributed by atoms with E-state index in [0.29, 0.717) is 0 Å². The molecule has 130 valence electrons. The largest absolute Gasteiger partial charge is 0.485 e. The minimum absolute atomic E-state index is 0.104. The minimum Gasteiger partial charge on any atom is -0.485 e. The SMILES string of the molecule is CCc1ccccc1OC(CC(N)OP(=O)(O)O)c1ccccc1. The molecule has 0 fully saturated rings. The quantitative estimate of drug-likeness (QED) is 0.499. The van der Waals surface area contributed by atoms with Gasteiger partial charge >= 0.3 is 7.82 Å². The van der Waals surface area contributed by atoms with Gasteiger partial charge in [-0.05, 0) is 23.6 Å². The van der Waals surface area contributed by atoms with E-state index in [2.05, 4.69) is 4.52 Å². The predicted octanol–water partition coefficient (Wildman–Crippen LogP) is 3.15. The van der Waals surface area contributed by atoms with Crippen LogP contribution in [0.4, 0.5) is 0 Å². The molecule has 2 rings (SSSR count).